The maximum atomic E-state index is 14.5. The van der Waals surface area contributed by atoms with Crippen molar-refractivity contribution in [2.24, 2.45) is 5.41 Å². The fourth-order valence-electron chi connectivity index (χ4n) is 6.74. The van der Waals surface area contributed by atoms with Gasteiger partial charge in [0, 0.05) is 29.2 Å². The van der Waals surface area contributed by atoms with E-state index in [4.69, 9.17) is 0 Å². The first-order valence-corrected chi connectivity index (χ1v) is 16.0. The molecular weight excluding hydrogens is 573 g/mol. The average molecular weight is 603 g/mol. The molecule has 7 rings (SSSR count). The van der Waals surface area contributed by atoms with E-state index in [2.05, 4.69) is 16.0 Å². The van der Waals surface area contributed by atoms with Crippen LogP contribution in [-0.2, 0) is 16.1 Å². The molecule has 2 heterocycles. The average Bonchev–Trinajstić information content (AvgIpc) is 3.74. The number of hydrogen-bond acceptors (Lipinski definition) is 4. The highest BCUT2D eigenvalue weighted by Crippen LogP contribution is 2.52. The van der Waals surface area contributed by atoms with E-state index in [9.17, 15) is 22.2 Å². The molecule has 2 aromatic heterocycles. The molecule has 220 valence electrons. The highest BCUT2D eigenvalue weighted by atomic mass is 32.2. The Morgan fingerprint density at radius 3 is 2.33 bits per heavy atom. The summed E-state index contributed by atoms with van der Waals surface area (Å²) in [5, 5.41) is 4.58. The number of rotatable bonds is 7. The van der Waals surface area contributed by atoms with Gasteiger partial charge in [-0.15, -0.1) is 0 Å². The van der Waals surface area contributed by atoms with Gasteiger partial charge < -0.3 is 0 Å². The summed E-state index contributed by atoms with van der Waals surface area (Å²) in [5.41, 5.74) is 2.16. The topological polar surface area (TPSA) is 68.1 Å². The number of Topliss-reactive ketones (excluding diaryl/α,β-unsaturated/α-hetero) is 1. The first kappa shape index (κ1) is 27.8. The van der Waals surface area contributed by atoms with Crippen molar-refractivity contribution in [3.8, 4) is 5.69 Å². The van der Waals surface area contributed by atoms with Gasteiger partial charge in [-0.1, -0.05) is 5.57 Å². The molecule has 3 aliphatic rings. The molecule has 0 saturated heterocycles. The van der Waals surface area contributed by atoms with Crippen LogP contribution in [0, 0.1) is 22.9 Å². The summed E-state index contributed by atoms with van der Waals surface area (Å²) in [5.74, 6) is 2.54. The minimum Gasteiger partial charge on any atom is -0.291 e. The van der Waals surface area contributed by atoms with Crippen molar-refractivity contribution in [3.05, 3.63) is 113 Å². The first-order valence-electron chi connectivity index (χ1n) is 14.3. The summed E-state index contributed by atoms with van der Waals surface area (Å²) >= 11 is 0. The quantitative estimate of drug-likeness (QED) is 0.187. The Kier molecular flexibility index (Phi) is 6.66. The van der Waals surface area contributed by atoms with E-state index in [1.807, 2.05) is 10.4 Å². The van der Waals surface area contributed by atoms with E-state index >= 15 is 0 Å². The molecule has 0 aliphatic heterocycles. The summed E-state index contributed by atoms with van der Waals surface area (Å²) < 4.78 is 59.8. The fourth-order valence-corrected chi connectivity index (χ4v) is 8.90. The van der Waals surface area contributed by atoms with Crippen molar-refractivity contribution in [2.45, 2.75) is 55.5 Å². The van der Waals surface area contributed by atoms with Gasteiger partial charge >= 0.3 is 0 Å². The standard InChI is InChI=1S/C33H29F3N4O2S/c1-43(42,29-12-5-24(35)6-13-29)40(27-10-11-27)28-7-2-22-16-31-21(20-38-39(31)26-8-3-23(34)4-9-26)18-33(22,19-28)32(41)30-17-25(36)14-15-37-30/h3-6,8-9,12-17,20,27-28H,1-2,7,10-11,18-19H2/t28-,33-,43?/m0/s1. The minimum absolute atomic E-state index is 0.0328. The molecule has 1 unspecified atom stereocenters. The summed E-state index contributed by atoms with van der Waals surface area (Å²) in [4.78, 5) is 19.2. The Labute approximate surface area is 248 Å². The van der Waals surface area contributed by atoms with Crippen molar-refractivity contribution in [1.29, 1.82) is 0 Å². The Bertz CT molecular complexity index is 1860. The maximum Gasteiger partial charge on any atom is 0.191 e. The molecule has 2 aromatic carbocycles. The lowest BCUT2D eigenvalue weighted by Crippen LogP contribution is -2.51. The van der Waals surface area contributed by atoms with Crippen LogP contribution < -0.4 is 0 Å². The number of pyridine rings is 1. The van der Waals surface area contributed by atoms with Gasteiger partial charge in [0.1, 0.15) is 23.1 Å². The fraction of sp³-hybridized carbons (Fsp3) is 0.273. The van der Waals surface area contributed by atoms with Gasteiger partial charge in [-0.25, -0.2) is 26.4 Å². The molecule has 0 amide bonds. The third kappa shape index (κ3) is 4.82. The van der Waals surface area contributed by atoms with Crippen LogP contribution in [0.5, 0.6) is 0 Å². The van der Waals surface area contributed by atoms with Gasteiger partial charge in [0.2, 0.25) is 0 Å². The predicted octanol–water partition coefficient (Wildman–Crippen LogP) is 6.20. The summed E-state index contributed by atoms with van der Waals surface area (Å²) in [6, 6.07) is 13.8. The molecule has 10 heteroatoms. The number of fused-ring (bicyclic) bond motifs is 2. The van der Waals surface area contributed by atoms with Crippen molar-refractivity contribution in [3.63, 3.8) is 0 Å². The van der Waals surface area contributed by atoms with E-state index in [1.165, 1.54) is 48.7 Å². The van der Waals surface area contributed by atoms with Crippen LogP contribution in [0.25, 0.3) is 11.8 Å². The number of hydrogen-bond donors (Lipinski definition) is 0. The lowest BCUT2D eigenvalue weighted by molar-refractivity contribution is 0.0736. The molecule has 0 bridgehead atoms. The van der Waals surface area contributed by atoms with Crippen LogP contribution in [0.1, 0.15) is 53.8 Å². The summed E-state index contributed by atoms with van der Waals surface area (Å²) in [6.07, 6.45) is 8.48. The largest absolute Gasteiger partial charge is 0.291 e. The number of allylic oxidation sites excluding steroid dienone is 1. The number of halogens is 3. The van der Waals surface area contributed by atoms with Gasteiger partial charge in [-0.2, -0.15) is 5.10 Å². The molecule has 43 heavy (non-hydrogen) atoms. The lowest BCUT2D eigenvalue weighted by atomic mass is 9.60. The van der Waals surface area contributed by atoms with Gasteiger partial charge in [-0.05, 0) is 111 Å². The van der Waals surface area contributed by atoms with Crippen LogP contribution in [0.3, 0.4) is 0 Å². The van der Waals surface area contributed by atoms with E-state index in [1.54, 1.807) is 23.0 Å². The SMILES string of the molecule is C=S(=O)(c1ccc(F)cc1)N(C1CC1)[C@H]1CCC2=Cc3c(cnn3-c3ccc(F)cc3)C[C@]2(C(=O)c2cc(F)ccn2)C1. The minimum atomic E-state index is -3.00. The van der Waals surface area contributed by atoms with E-state index in [0.29, 0.717) is 36.3 Å². The van der Waals surface area contributed by atoms with Gasteiger partial charge in [-0.3, -0.25) is 9.78 Å². The molecule has 2 saturated carbocycles. The van der Waals surface area contributed by atoms with E-state index < -0.39 is 26.8 Å². The van der Waals surface area contributed by atoms with Crippen LogP contribution in [-0.4, -0.2) is 47.0 Å². The third-order valence-corrected chi connectivity index (χ3v) is 11.2. The van der Waals surface area contributed by atoms with Gasteiger partial charge in [0.05, 0.1) is 32.7 Å². The molecular formula is C33H29F3N4O2S. The summed E-state index contributed by atoms with van der Waals surface area (Å²) in [6.45, 7) is 0. The molecule has 2 fully saturated rings. The highest BCUT2D eigenvalue weighted by Gasteiger charge is 2.53. The number of aromatic nitrogens is 3. The molecule has 0 radical (unpaired) electrons. The van der Waals surface area contributed by atoms with Crippen LogP contribution in [0.15, 0.2) is 83.5 Å². The Balaban J connectivity index is 1.32. The highest BCUT2D eigenvalue weighted by molar-refractivity contribution is 7.98. The Morgan fingerprint density at radius 1 is 0.953 bits per heavy atom. The molecule has 3 atom stereocenters. The Morgan fingerprint density at radius 2 is 1.65 bits per heavy atom. The summed E-state index contributed by atoms with van der Waals surface area (Å²) in [7, 11) is -3.00. The van der Waals surface area contributed by atoms with Crippen LogP contribution in [0.4, 0.5) is 13.2 Å². The zero-order chi connectivity index (χ0) is 29.9. The van der Waals surface area contributed by atoms with Gasteiger partial charge in [0.25, 0.3) is 0 Å². The van der Waals surface area contributed by atoms with Crippen molar-refractivity contribution in [1.82, 2.24) is 19.1 Å². The van der Waals surface area contributed by atoms with Crippen molar-refractivity contribution in [2.75, 3.05) is 0 Å². The third-order valence-electron chi connectivity index (χ3n) is 8.88. The Hall–Kier alpha value is -4.02. The second-order valence-corrected chi connectivity index (χ2v) is 13.8. The van der Waals surface area contributed by atoms with E-state index in [0.717, 1.165) is 35.7 Å². The number of nitrogens with zero attached hydrogens (tertiary/aromatic N) is 4. The molecule has 4 aromatic rings. The number of ketones is 1. The second kappa shape index (κ2) is 10.3. The van der Waals surface area contributed by atoms with E-state index in [-0.39, 0.29) is 29.4 Å². The number of carbonyl (C=O) groups is 1. The molecule has 0 spiro atoms. The second-order valence-electron chi connectivity index (χ2n) is 11.6. The lowest BCUT2D eigenvalue weighted by Gasteiger charge is -2.47. The van der Waals surface area contributed by atoms with Crippen LogP contribution in [0.2, 0.25) is 0 Å². The molecule has 3 aliphatic carbocycles. The molecule has 6 nitrogen and oxygen atoms in total. The van der Waals surface area contributed by atoms with Gasteiger partial charge in [0.15, 0.2) is 5.78 Å². The zero-order valence-electron chi connectivity index (χ0n) is 23.3. The molecule has 0 N–H and O–H groups in total. The zero-order valence-corrected chi connectivity index (χ0v) is 24.1. The normalized spacial score (nSPS) is 22.8. The first-order chi connectivity index (χ1) is 20.7. The monoisotopic (exact) mass is 602 g/mol. The smallest absolute Gasteiger partial charge is 0.191 e. The van der Waals surface area contributed by atoms with Crippen molar-refractivity contribution < 1.29 is 22.2 Å². The predicted molar refractivity (Wildman–Crippen MR) is 159 cm³/mol. The maximum absolute atomic E-state index is 14.5. The number of carbonyl (C=O) groups excluding carboxylic acids is 1. The number of benzene rings is 2. The van der Waals surface area contributed by atoms with Crippen LogP contribution >= 0.6 is 0 Å². The van der Waals surface area contributed by atoms with Crippen molar-refractivity contribution >= 4 is 27.4 Å².